The van der Waals surface area contributed by atoms with Crippen molar-refractivity contribution in [1.82, 2.24) is 0 Å². The number of aldehydes is 1. The van der Waals surface area contributed by atoms with Crippen molar-refractivity contribution in [2.75, 3.05) is 6.61 Å². The molecular formula is C19H24O6. The second kappa shape index (κ2) is 7.76. The molecule has 2 aliphatic rings. The maximum atomic E-state index is 12.5. The Morgan fingerprint density at radius 2 is 1.92 bits per heavy atom. The summed E-state index contributed by atoms with van der Waals surface area (Å²) in [5.41, 5.74) is 1.43. The molecule has 0 spiro atoms. The summed E-state index contributed by atoms with van der Waals surface area (Å²) in [6, 6.07) is 0. The van der Waals surface area contributed by atoms with Crippen molar-refractivity contribution in [3.8, 4) is 0 Å². The van der Waals surface area contributed by atoms with E-state index in [4.69, 9.17) is 9.47 Å². The maximum Gasteiger partial charge on any atom is 0.303 e. The summed E-state index contributed by atoms with van der Waals surface area (Å²) in [5, 5.41) is 0. The molecule has 0 bridgehead atoms. The molecule has 0 amide bonds. The second-order valence-corrected chi connectivity index (χ2v) is 6.83. The molecule has 0 aromatic carbocycles. The molecule has 0 radical (unpaired) electrons. The molecule has 1 saturated carbocycles. The SMILES string of the molecule is C=C(C=O)[C@@H]1CC[C@@H](C)[C@H]2CC(=O)C(COC(C)=O)=C2[C@@H]1OC(C)=O. The Morgan fingerprint density at radius 1 is 1.24 bits per heavy atom. The fourth-order valence-electron chi connectivity index (χ4n) is 3.85. The zero-order chi connectivity index (χ0) is 18.7. The average Bonchev–Trinajstić information content (AvgIpc) is 2.80. The van der Waals surface area contributed by atoms with Crippen LogP contribution in [0, 0.1) is 17.8 Å². The summed E-state index contributed by atoms with van der Waals surface area (Å²) in [5.74, 6) is -1.32. The van der Waals surface area contributed by atoms with Crippen molar-refractivity contribution >= 4 is 24.0 Å². The molecule has 1 fully saturated rings. The Morgan fingerprint density at radius 3 is 2.48 bits per heavy atom. The van der Waals surface area contributed by atoms with Gasteiger partial charge in [-0.3, -0.25) is 19.2 Å². The molecule has 6 heteroatoms. The van der Waals surface area contributed by atoms with Gasteiger partial charge in [-0.15, -0.1) is 0 Å². The summed E-state index contributed by atoms with van der Waals surface area (Å²) in [7, 11) is 0. The number of hydrogen-bond acceptors (Lipinski definition) is 6. The van der Waals surface area contributed by atoms with Crippen molar-refractivity contribution < 1.29 is 28.7 Å². The fraction of sp³-hybridized carbons (Fsp3) is 0.579. The first kappa shape index (κ1) is 19.1. The standard InChI is InChI=1S/C19H24O6/c1-10-5-6-14(11(2)8-20)19(25-13(4)22)18-15(10)7-17(23)16(18)9-24-12(3)21/h8,10,14-15,19H,2,5-7,9H2,1,3-4H3/t10-,14+,15-,19-/m1/s1. The summed E-state index contributed by atoms with van der Waals surface area (Å²) in [6.45, 7) is 8.29. The van der Waals surface area contributed by atoms with Crippen LogP contribution in [0.15, 0.2) is 23.3 Å². The predicted molar refractivity (Wildman–Crippen MR) is 89.4 cm³/mol. The first-order chi connectivity index (χ1) is 11.8. The van der Waals surface area contributed by atoms with Crippen LogP contribution in [0.3, 0.4) is 0 Å². The minimum Gasteiger partial charge on any atom is -0.461 e. The summed E-state index contributed by atoms with van der Waals surface area (Å²) in [6.07, 6.45) is 1.70. The van der Waals surface area contributed by atoms with Gasteiger partial charge in [-0.25, -0.2) is 0 Å². The largest absolute Gasteiger partial charge is 0.461 e. The maximum absolute atomic E-state index is 12.5. The van der Waals surface area contributed by atoms with Crippen LogP contribution in [0.4, 0.5) is 0 Å². The molecule has 0 N–H and O–H groups in total. The van der Waals surface area contributed by atoms with Crippen molar-refractivity contribution in [1.29, 1.82) is 0 Å². The Kier molecular flexibility index (Phi) is 5.93. The van der Waals surface area contributed by atoms with Gasteiger partial charge in [0.1, 0.15) is 19.0 Å². The van der Waals surface area contributed by atoms with E-state index in [1.807, 2.05) is 6.92 Å². The van der Waals surface area contributed by atoms with Crippen LogP contribution in [0.5, 0.6) is 0 Å². The summed E-state index contributed by atoms with van der Waals surface area (Å²) in [4.78, 5) is 46.6. The zero-order valence-corrected chi connectivity index (χ0v) is 14.9. The van der Waals surface area contributed by atoms with E-state index in [1.54, 1.807) is 0 Å². The Bertz CT molecular complexity index is 644. The van der Waals surface area contributed by atoms with Gasteiger partial charge in [-0.05, 0) is 35.8 Å². The van der Waals surface area contributed by atoms with Gasteiger partial charge in [0.15, 0.2) is 5.78 Å². The number of esters is 2. The van der Waals surface area contributed by atoms with Crippen LogP contribution in [0.25, 0.3) is 0 Å². The van der Waals surface area contributed by atoms with E-state index in [9.17, 15) is 19.2 Å². The van der Waals surface area contributed by atoms with Crippen LogP contribution in [-0.2, 0) is 28.7 Å². The minimum absolute atomic E-state index is 0.0770. The highest BCUT2D eigenvalue weighted by molar-refractivity contribution is 6.00. The van der Waals surface area contributed by atoms with Gasteiger partial charge < -0.3 is 9.47 Å². The first-order valence-corrected chi connectivity index (χ1v) is 8.46. The number of carbonyl (C=O) groups excluding carboxylic acids is 4. The van der Waals surface area contributed by atoms with E-state index >= 15 is 0 Å². The van der Waals surface area contributed by atoms with E-state index in [1.165, 1.54) is 13.8 Å². The molecular weight excluding hydrogens is 324 g/mol. The molecule has 2 rings (SSSR count). The lowest BCUT2D eigenvalue weighted by Gasteiger charge is -2.28. The number of ether oxygens (including phenoxy) is 2. The quantitative estimate of drug-likeness (QED) is 0.430. The molecule has 6 nitrogen and oxygen atoms in total. The number of fused-ring (bicyclic) bond motifs is 1. The zero-order valence-electron chi connectivity index (χ0n) is 14.9. The topological polar surface area (TPSA) is 86.7 Å². The van der Waals surface area contributed by atoms with Gasteiger partial charge in [-0.2, -0.15) is 0 Å². The van der Waals surface area contributed by atoms with Crippen molar-refractivity contribution in [3.05, 3.63) is 23.3 Å². The highest BCUT2D eigenvalue weighted by Crippen LogP contribution is 2.46. The minimum atomic E-state index is -0.720. The van der Waals surface area contributed by atoms with E-state index in [-0.39, 0.29) is 30.1 Å². The Hall–Kier alpha value is -2.24. The number of carbonyl (C=O) groups is 4. The van der Waals surface area contributed by atoms with Gasteiger partial charge >= 0.3 is 11.9 Å². The molecule has 0 unspecified atom stereocenters. The van der Waals surface area contributed by atoms with E-state index in [0.29, 0.717) is 35.8 Å². The van der Waals surface area contributed by atoms with Crippen LogP contribution in [0.1, 0.15) is 40.0 Å². The highest BCUT2D eigenvalue weighted by Gasteiger charge is 2.46. The lowest BCUT2D eigenvalue weighted by Crippen LogP contribution is -2.31. The number of hydrogen-bond donors (Lipinski definition) is 0. The molecule has 0 aliphatic heterocycles. The molecule has 136 valence electrons. The van der Waals surface area contributed by atoms with E-state index in [0.717, 1.165) is 6.42 Å². The van der Waals surface area contributed by atoms with Crippen LogP contribution < -0.4 is 0 Å². The van der Waals surface area contributed by atoms with E-state index < -0.39 is 18.0 Å². The molecule has 2 aliphatic carbocycles. The van der Waals surface area contributed by atoms with E-state index in [2.05, 4.69) is 6.58 Å². The fourth-order valence-corrected chi connectivity index (χ4v) is 3.85. The monoisotopic (exact) mass is 348 g/mol. The summed E-state index contributed by atoms with van der Waals surface area (Å²) < 4.78 is 10.6. The first-order valence-electron chi connectivity index (χ1n) is 8.46. The van der Waals surface area contributed by atoms with Crippen molar-refractivity contribution in [3.63, 3.8) is 0 Å². The van der Waals surface area contributed by atoms with Gasteiger partial charge in [0.2, 0.25) is 0 Å². The predicted octanol–water partition coefficient (Wildman–Crippen LogP) is 2.17. The molecule has 25 heavy (non-hydrogen) atoms. The lowest BCUT2D eigenvalue weighted by atomic mass is 9.84. The molecule has 4 atom stereocenters. The number of ketones is 1. The highest BCUT2D eigenvalue weighted by atomic mass is 16.5. The third kappa shape index (κ3) is 4.06. The van der Waals surface area contributed by atoms with Crippen molar-refractivity contribution in [2.24, 2.45) is 17.8 Å². The molecule has 0 aromatic rings. The molecule has 0 aromatic heterocycles. The Labute approximate surface area is 147 Å². The van der Waals surface area contributed by atoms with Gasteiger partial charge in [0.05, 0.1) is 0 Å². The van der Waals surface area contributed by atoms with Gasteiger partial charge in [-0.1, -0.05) is 13.5 Å². The van der Waals surface area contributed by atoms with Crippen molar-refractivity contribution in [2.45, 2.75) is 46.1 Å². The van der Waals surface area contributed by atoms with Crippen LogP contribution in [-0.4, -0.2) is 36.7 Å². The lowest BCUT2D eigenvalue weighted by molar-refractivity contribution is -0.147. The molecule has 0 saturated heterocycles. The summed E-state index contributed by atoms with van der Waals surface area (Å²) >= 11 is 0. The average molecular weight is 348 g/mol. The van der Waals surface area contributed by atoms with Crippen LogP contribution >= 0.6 is 0 Å². The molecule has 0 heterocycles. The van der Waals surface area contributed by atoms with Crippen LogP contribution in [0.2, 0.25) is 0 Å². The normalized spacial score (nSPS) is 28.8. The number of Topliss-reactive ketones (excluding diaryl/α,β-unsaturated/α-hetero) is 1. The third-order valence-corrected chi connectivity index (χ3v) is 5.12. The number of rotatable bonds is 5. The van der Waals surface area contributed by atoms with Gasteiger partial charge in [0.25, 0.3) is 0 Å². The van der Waals surface area contributed by atoms with Gasteiger partial charge in [0, 0.05) is 31.8 Å². The third-order valence-electron chi connectivity index (χ3n) is 5.12. The smallest absolute Gasteiger partial charge is 0.303 e. The Balaban J connectivity index is 2.54. The second-order valence-electron chi connectivity index (χ2n) is 6.83.